The lowest BCUT2D eigenvalue weighted by molar-refractivity contribution is 0.112. The molecule has 2 rings (SSSR count). The van der Waals surface area contributed by atoms with E-state index in [9.17, 15) is 4.79 Å². The fourth-order valence-corrected chi connectivity index (χ4v) is 1.38. The quantitative estimate of drug-likeness (QED) is 0.762. The van der Waals surface area contributed by atoms with Gasteiger partial charge in [0.25, 0.3) is 0 Å². The summed E-state index contributed by atoms with van der Waals surface area (Å²) < 4.78 is 5.42. The Morgan fingerprint density at radius 3 is 2.47 bits per heavy atom. The smallest absolute Gasteiger partial charge is 0.153 e. The maximum absolute atomic E-state index is 10.6. The normalized spacial score (nSPS) is 10.2. The number of phenolic OH excluding ortho intramolecular Hbond substituents is 1. The van der Waals surface area contributed by atoms with Gasteiger partial charge in [-0.2, -0.15) is 0 Å². The van der Waals surface area contributed by atoms with Crippen molar-refractivity contribution in [1.29, 1.82) is 0 Å². The molecule has 15 heavy (non-hydrogen) atoms. The number of benzene rings is 1. The number of rotatable bonds is 2. The molecule has 0 aliphatic rings. The summed E-state index contributed by atoms with van der Waals surface area (Å²) in [6.07, 6.45) is 0.767. The molecule has 0 bridgehead atoms. The Labute approximate surface area is 87.0 Å². The van der Waals surface area contributed by atoms with Gasteiger partial charge in [-0.1, -0.05) is 0 Å². The van der Waals surface area contributed by atoms with Crippen molar-refractivity contribution in [2.45, 2.75) is 6.92 Å². The van der Waals surface area contributed by atoms with Gasteiger partial charge in [-0.25, -0.2) is 0 Å². The van der Waals surface area contributed by atoms with Gasteiger partial charge in [0.15, 0.2) is 6.29 Å². The summed E-state index contributed by atoms with van der Waals surface area (Å²) in [5.41, 5.74) is 1.39. The molecule has 0 spiro atoms. The monoisotopic (exact) mass is 202 g/mol. The van der Waals surface area contributed by atoms with E-state index >= 15 is 0 Å². The first-order valence-corrected chi connectivity index (χ1v) is 4.55. The molecular weight excluding hydrogens is 192 g/mol. The Hall–Kier alpha value is -2.03. The number of aryl methyl sites for hydroxylation is 1. The SMILES string of the molecule is Cc1oc(-c2ccc(O)cc2)cc1C=O. The van der Waals surface area contributed by atoms with E-state index in [-0.39, 0.29) is 5.75 Å². The van der Waals surface area contributed by atoms with Gasteiger partial charge in [0.05, 0.1) is 5.56 Å². The van der Waals surface area contributed by atoms with Crippen LogP contribution in [0.4, 0.5) is 0 Å². The maximum Gasteiger partial charge on any atom is 0.153 e. The average molecular weight is 202 g/mol. The van der Waals surface area contributed by atoms with E-state index in [0.29, 0.717) is 17.1 Å². The molecule has 1 aromatic carbocycles. The summed E-state index contributed by atoms with van der Waals surface area (Å²) in [5, 5.41) is 9.12. The van der Waals surface area contributed by atoms with Crippen LogP contribution >= 0.6 is 0 Å². The van der Waals surface area contributed by atoms with Gasteiger partial charge in [0.2, 0.25) is 0 Å². The van der Waals surface area contributed by atoms with Crippen molar-refractivity contribution >= 4 is 6.29 Å². The fourth-order valence-electron chi connectivity index (χ4n) is 1.38. The summed E-state index contributed by atoms with van der Waals surface area (Å²) in [6, 6.07) is 8.32. The number of aldehydes is 1. The summed E-state index contributed by atoms with van der Waals surface area (Å²) >= 11 is 0. The number of hydrogen-bond acceptors (Lipinski definition) is 3. The first-order valence-electron chi connectivity index (χ1n) is 4.55. The van der Waals surface area contributed by atoms with Gasteiger partial charge in [0.1, 0.15) is 17.3 Å². The minimum absolute atomic E-state index is 0.206. The predicted octanol–water partition coefficient (Wildman–Crippen LogP) is 2.77. The molecular formula is C12H10O3. The Morgan fingerprint density at radius 2 is 1.93 bits per heavy atom. The molecule has 0 unspecified atom stereocenters. The van der Waals surface area contributed by atoms with Crippen molar-refractivity contribution in [3.63, 3.8) is 0 Å². The minimum Gasteiger partial charge on any atom is -0.508 e. The van der Waals surface area contributed by atoms with E-state index < -0.39 is 0 Å². The van der Waals surface area contributed by atoms with Crippen LogP contribution in [-0.2, 0) is 0 Å². The van der Waals surface area contributed by atoms with Gasteiger partial charge in [-0.05, 0) is 37.3 Å². The number of carbonyl (C=O) groups excluding carboxylic acids is 1. The van der Waals surface area contributed by atoms with E-state index in [1.807, 2.05) is 0 Å². The first kappa shape index (κ1) is 9.52. The first-order chi connectivity index (χ1) is 7.20. The van der Waals surface area contributed by atoms with Crippen LogP contribution in [0.25, 0.3) is 11.3 Å². The second kappa shape index (κ2) is 3.61. The third kappa shape index (κ3) is 1.76. The second-order valence-electron chi connectivity index (χ2n) is 3.29. The molecule has 0 fully saturated rings. The van der Waals surface area contributed by atoms with Crippen molar-refractivity contribution in [2.24, 2.45) is 0 Å². The number of furan rings is 1. The lowest BCUT2D eigenvalue weighted by Crippen LogP contribution is -1.74. The Balaban J connectivity index is 2.45. The van der Waals surface area contributed by atoms with Crippen LogP contribution in [0, 0.1) is 6.92 Å². The van der Waals surface area contributed by atoms with Crippen LogP contribution < -0.4 is 0 Å². The highest BCUT2D eigenvalue weighted by molar-refractivity contribution is 5.79. The standard InChI is InChI=1S/C12H10O3/c1-8-10(7-13)6-12(15-8)9-2-4-11(14)5-3-9/h2-7,14H,1H3. The molecule has 0 saturated carbocycles. The molecule has 2 aromatic rings. The zero-order chi connectivity index (χ0) is 10.8. The highest BCUT2D eigenvalue weighted by Gasteiger charge is 2.07. The van der Waals surface area contributed by atoms with Gasteiger partial charge < -0.3 is 9.52 Å². The number of phenols is 1. The number of carbonyl (C=O) groups is 1. The van der Waals surface area contributed by atoms with Crippen LogP contribution in [0.1, 0.15) is 16.1 Å². The molecule has 1 N–H and O–H groups in total. The van der Waals surface area contributed by atoms with E-state index in [0.717, 1.165) is 11.8 Å². The topological polar surface area (TPSA) is 50.4 Å². The highest BCUT2D eigenvalue weighted by Crippen LogP contribution is 2.25. The van der Waals surface area contributed by atoms with Crippen LogP contribution in [0.2, 0.25) is 0 Å². The number of hydrogen-bond donors (Lipinski definition) is 1. The molecule has 0 aliphatic heterocycles. The van der Waals surface area contributed by atoms with Gasteiger partial charge >= 0.3 is 0 Å². The van der Waals surface area contributed by atoms with E-state index in [1.54, 1.807) is 37.3 Å². The van der Waals surface area contributed by atoms with Crippen molar-refractivity contribution in [1.82, 2.24) is 0 Å². The maximum atomic E-state index is 10.6. The Bertz CT molecular complexity index is 480. The van der Waals surface area contributed by atoms with Crippen LogP contribution in [0.15, 0.2) is 34.7 Å². The fraction of sp³-hybridized carbons (Fsp3) is 0.0833. The molecule has 76 valence electrons. The molecule has 0 aliphatic carbocycles. The zero-order valence-corrected chi connectivity index (χ0v) is 8.23. The van der Waals surface area contributed by atoms with Crippen molar-refractivity contribution in [3.05, 3.63) is 41.7 Å². The molecule has 1 heterocycles. The summed E-state index contributed by atoms with van der Waals surface area (Å²) in [6.45, 7) is 1.74. The molecule has 0 atom stereocenters. The molecule has 0 saturated heterocycles. The summed E-state index contributed by atoms with van der Waals surface area (Å²) in [4.78, 5) is 10.6. The summed E-state index contributed by atoms with van der Waals surface area (Å²) in [5.74, 6) is 1.44. The highest BCUT2D eigenvalue weighted by atomic mass is 16.3. The minimum atomic E-state index is 0.206. The third-order valence-electron chi connectivity index (χ3n) is 2.23. The lowest BCUT2D eigenvalue weighted by atomic mass is 10.1. The zero-order valence-electron chi connectivity index (χ0n) is 8.23. The van der Waals surface area contributed by atoms with Crippen LogP contribution in [0.3, 0.4) is 0 Å². The van der Waals surface area contributed by atoms with Crippen molar-refractivity contribution in [3.8, 4) is 17.1 Å². The van der Waals surface area contributed by atoms with Gasteiger partial charge in [-0.15, -0.1) is 0 Å². The van der Waals surface area contributed by atoms with E-state index in [2.05, 4.69) is 0 Å². The second-order valence-corrected chi connectivity index (χ2v) is 3.29. The molecule has 3 heteroatoms. The predicted molar refractivity (Wildman–Crippen MR) is 55.9 cm³/mol. The Kier molecular flexibility index (Phi) is 2.29. The van der Waals surface area contributed by atoms with E-state index in [1.165, 1.54) is 0 Å². The molecule has 0 radical (unpaired) electrons. The van der Waals surface area contributed by atoms with Crippen LogP contribution in [-0.4, -0.2) is 11.4 Å². The van der Waals surface area contributed by atoms with Gasteiger partial charge in [0, 0.05) is 5.56 Å². The molecule has 1 aromatic heterocycles. The van der Waals surface area contributed by atoms with Crippen molar-refractivity contribution < 1.29 is 14.3 Å². The van der Waals surface area contributed by atoms with Gasteiger partial charge in [-0.3, -0.25) is 4.79 Å². The Morgan fingerprint density at radius 1 is 1.27 bits per heavy atom. The van der Waals surface area contributed by atoms with Crippen LogP contribution in [0.5, 0.6) is 5.75 Å². The van der Waals surface area contributed by atoms with E-state index in [4.69, 9.17) is 9.52 Å². The molecule has 0 amide bonds. The lowest BCUT2D eigenvalue weighted by Gasteiger charge is -1.96. The average Bonchev–Trinajstić information content (AvgIpc) is 2.61. The summed E-state index contributed by atoms with van der Waals surface area (Å²) in [7, 11) is 0. The largest absolute Gasteiger partial charge is 0.508 e. The third-order valence-corrected chi connectivity index (χ3v) is 2.23. The van der Waals surface area contributed by atoms with Crippen molar-refractivity contribution in [2.75, 3.05) is 0 Å². The number of aromatic hydroxyl groups is 1. The molecule has 3 nitrogen and oxygen atoms in total.